The van der Waals surface area contributed by atoms with E-state index in [9.17, 15) is 4.79 Å². The SMILES string of the molecule is Cc1ccc(CN2Cc3nccn3C[C@@H](CN3CCCC3=O)C2)s1. The van der Waals surface area contributed by atoms with Crippen molar-refractivity contribution < 1.29 is 4.79 Å². The second kappa shape index (κ2) is 6.69. The van der Waals surface area contributed by atoms with E-state index >= 15 is 0 Å². The number of likely N-dealkylation sites (tertiary alicyclic amines) is 1. The molecule has 0 unspecified atom stereocenters. The lowest BCUT2D eigenvalue weighted by atomic mass is 10.1. The van der Waals surface area contributed by atoms with Crippen molar-refractivity contribution in [2.24, 2.45) is 5.92 Å². The van der Waals surface area contributed by atoms with Gasteiger partial charge in [-0.15, -0.1) is 11.3 Å². The molecule has 0 N–H and O–H groups in total. The van der Waals surface area contributed by atoms with Gasteiger partial charge in [0.15, 0.2) is 0 Å². The van der Waals surface area contributed by atoms with Crippen LogP contribution in [0.3, 0.4) is 0 Å². The second-order valence-corrected chi connectivity index (χ2v) is 8.36. The molecular weight excluding hydrogens is 320 g/mol. The number of carbonyl (C=O) groups is 1. The number of hydrogen-bond donors (Lipinski definition) is 0. The second-order valence-electron chi connectivity index (χ2n) is 6.99. The number of fused-ring (bicyclic) bond motifs is 1. The van der Waals surface area contributed by atoms with Crippen LogP contribution in [0.2, 0.25) is 0 Å². The first-order valence-electron chi connectivity index (χ1n) is 8.73. The molecule has 2 aliphatic rings. The predicted octanol–water partition coefficient (Wildman–Crippen LogP) is 2.51. The van der Waals surface area contributed by atoms with Gasteiger partial charge in [0.25, 0.3) is 0 Å². The summed E-state index contributed by atoms with van der Waals surface area (Å²) < 4.78 is 2.27. The fraction of sp³-hybridized carbons (Fsp3) is 0.556. The summed E-state index contributed by atoms with van der Waals surface area (Å²) in [7, 11) is 0. The van der Waals surface area contributed by atoms with Gasteiger partial charge in [-0.05, 0) is 25.5 Å². The summed E-state index contributed by atoms with van der Waals surface area (Å²) in [5, 5.41) is 0. The van der Waals surface area contributed by atoms with Crippen molar-refractivity contribution in [3.63, 3.8) is 0 Å². The maximum atomic E-state index is 12.0. The first-order chi connectivity index (χ1) is 11.7. The molecule has 6 heteroatoms. The Bertz CT molecular complexity index is 722. The zero-order valence-corrected chi connectivity index (χ0v) is 15.0. The predicted molar refractivity (Wildman–Crippen MR) is 94.7 cm³/mol. The molecule has 0 aromatic carbocycles. The van der Waals surface area contributed by atoms with E-state index in [4.69, 9.17) is 0 Å². The highest BCUT2D eigenvalue weighted by Crippen LogP contribution is 2.23. The molecule has 4 rings (SSSR count). The summed E-state index contributed by atoms with van der Waals surface area (Å²) >= 11 is 1.87. The van der Waals surface area contributed by atoms with Crippen LogP contribution in [0.1, 0.15) is 28.4 Å². The van der Waals surface area contributed by atoms with Crippen molar-refractivity contribution in [2.45, 2.75) is 39.4 Å². The minimum absolute atomic E-state index is 0.325. The number of aromatic nitrogens is 2. The monoisotopic (exact) mass is 344 g/mol. The molecule has 1 atom stereocenters. The van der Waals surface area contributed by atoms with Crippen LogP contribution in [-0.2, 0) is 24.4 Å². The van der Waals surface area contributed by atoms with Crippen molar-refractivity contribution in [1.82, 2.24) is 19.4 Å². The zero-order chi connectivity index (χ0) is 16.5. The molecule has 0 saturated carbocycles. The van der Waals surface area contributed by atoms with Crippen molar-refractivity contribution >= 4 is 17.2 Å². The largest absolute Gasteiger partial charge is 0.342 e. The molecule has 128 valence electrons. The van der Waals surface area contributed by atoms with Gasteiger partial charge in [-0.3, -0.25) is 9.69 Å². The van der Waals surface area contributed by atoms with E-state index in [-0.39, 0.29) is 0 Å². The summed E-state index contributed by atoms with van der Waals surface area (Å²) in [6, 6.07) is 4.43. The van der Waals surface area contributed by atoms with E-state index in [1.807, 2.05) is 17.5 Å². The summed E-state index contributed by atoms with van der Waals surface area (Å²) in [6.07, 6.45) is 5.71. The van der Waals surface area contributed by atoms with Gasteiger partial charge in [0.05, 0.1) is 6.54 Å². The van der Waals surface area contributed by atoms with Gasteiger partial charge in [0.1, 0.15) is 5.82 Å². The van der Waals surface area contributed by atoms with E-state index in [0.29, 0.717) is 11.8 Å². The summed E-state index contributed by atoms with van der Waals surface area (Å²) in [5.74, 6) is 1.92. The van der Waals surface area contributed by atoms with Gasteiger partial charge in [-0.1, -0.05) is 0 Å². The van der Waals surface area contributed by atoms with Gasteiger partial charge in [-0.2, -0.15) is 0 Å². The third-order valence-corrected chi connectivity index (χ3v) is 5.95. The van der Waals surface area contributed by atoms with Crippen molar-refractivity contribution in [3.8, 4) is 0 Å². The molecule has 2 aromatic heterocycles. The maximum Gasteiger partial charge on any atom is 0.222 e. The Kier molecular flexibility index (Phi) is 4.41. The Hall–Kier alpha value is -1.66. The molecule has 5 nitrogen and oxygen atoms in total. The normalized spacial score (nSPS) is 22.0. The van der Waals surface area contributed by atoms with E-state index in [1.165, 1.54) is 9.75 Å². The van der Waals surface area contributed by atoms with Gasteiger partial charge in [-0.25, -0.2) is 4.98 Å². The molecule has 24 heavy (non-hydrogen) atoms. The number of nitrogens with zero attached hydrogens (tertiary/aromatic N) is 4. The highest BCUT2D eigenvalue weighted by Gasteiger charge is 2.28. The van der Waals surface area contributed by atoms with Crippen LogP contribution in [0.5, 0.6) is 0 Å². The first kappa shape index (κ1) is 15.8. The Morgan fingerprint density at radius 2 is 2.25 bits per heavy atom. The number of carbonyl (C=O) groups excluding carboxylic acids is 1. The molecule has 1 saturated heterocycles. The Balaban J connectivity index is 1.50. The van der Waals surface area contributed by atoms with Gasteiger partial charge >= 0.3 is 0 Å². The van der Waals surface area contributed by atoms with E-state index in [0.717, 1.165) is 57.9 Å². The number of thiophene rings is 1. The average Bonchev–Trinajstić information content (AvgIpc) is 3.22. The number of aryl methyl sites for hydroxylation is 1. The van der Waals surface area contributed by atoms with Crippen LogP contribution in [0.15, 0.2) is 24.5 Å². The lowest BCUT2D eigenvalue weighted by Crippen LogP contribution is -2.37. The van der Waals surface area contributed by atoms with Gasteiger partial charge in [0, 0.05) is 67.2 Å². The lowest BCUT2D eigenvalue weighted by Gasteiger charge is -2.27. The average molecular weight is 344 g/mol. The highest BCUT2D eigenvalue weighted by atomic mass is 32.1. The maximum absolute atomic E-state index is 12.0. The van der Waals surface area contributed by atoms with E-state index < -0.39 is 0 Å². The smallest absolute Gasteiger partial charge is 0.222 e. The molecule has 2 aromatic rings. The third-order valence-electron chi connectivity index (χ3n) is 4.96. The number of rotatable bonds is 4. The Morgan fingerprint density at radius 1 is 1.33 bits per heavy atom. The van der Waals surface area contributed by atoms with Crippen LogP contribution in [0, 0.1) is 12.8 Å². The number of imidazole rings is 1. The van der Waals surface area contributed by atoms with E-state index in [2.05, 4.69) is 44.6 Å². The number of amides is 1. The molecule has 0 bridgehead atoms. The molecule has 0 aliphatic carbocycles. The first-order valence-corrected chi connectivity index (χ1v) is 9.54. The molecule has 1 fully saturated rings. The summed E-state index contributed by atoms with van der Waals surface area (Å²) in [6.45, 7) is 7.78. The lowest BCUT2D eigenvalue weighted by molar-refractivity contribution is -0.128. The van der Waals surface area contributed by atoms with E-state index in [1.54, 1.807) is 0 Å². The topological polar surface area (TPSA) is 41.4 Å². The quantitative estimate of drug-likeness (QED) is 0.856. The Labute approximate surface area is 146 Å². The highest BCUT2D eigenvalue weighted by molar-refractivity contribution is 7.11. The summed E-state index contributed by atoms with van der Waals surface area (Å²) in [5.41, 5.74) is 0. The third kappa shape index (κ3) is 3.39. The zero-order valence-electron chi connectivity index (χ0n) is 14.1. The molecule has 0 spiro atoms. The van der Waals surface area contributed by atoms with Crippen molar-refractivity contribution in [2.75, 3.05) is 19.6 Å². The van der Waals surface area contributed by atoms with Crippen LogP contribution >= 0.6 is 11.3 Å². The molecule has 1 amide bonds. The van der Waals surface area contributed by atoms with Crippen LogP contribution in [0.25, 0.3) is 0 Å². The minimum atomic E-state index is 0.325. The van der Waals surface area contributed by atoms with Crippen LogP contribution in [0.4, 0.5) is 0 Å². The van der Waals surface area contributed by atoms with Crippen molar-refractivity contribution in [1.29, 1.82) is 0 Å². The molecule has 2 aliphatic heterocycles. The van der Waals surface area contributed by atoms with Crippen LogP contribution in [-0.4, -0.2) is 44.9 Å². The van der Waals surface area contributed by atoms with Gasteiger partial charge < -0.3 is 9.47 Å². The number of hydrogen-bond acceptors (Lipinski definition) is 4. The standard InChI is InChI=1S/C18H24N4OS/c1-14-4-5-16(24-14)12-20-9-15(11-22-7-2-3-18(22)23)10-21-8-6-19-17(21)13-20/h4-6,8,15H,2-3,7,9-13H2,1H3/t15-/m0/s1. The fourth-order valence-electron chi connectivity index (χ4n) is 3.86. The fourth-order valence-corrected chi connectivity index (χ4v) is 4.79. The summed E-state index contributed by atoms with van der Waals surface area (Å²) in [4.78, 5) is 23.9. The van der Waals surface area contributed by atoms with Gasteiger partial charge in [0.2, 0.25) is 5.91 Å². The van der Waals surface area contributed by atoms with Crippen LogP contribution < -0.4 is 0 Å². The minimum Gasteiger partial charge on any atom is -0.342 e. The van der Waals surface area contributed by atoms with Crippen molar-refractivity contribution in [3.05, 3.63) is 40.1 Å². The molecular formula is C18H24N4OS. The molecule has 4 heterocycles. The molecule has 0 radical (unpaired) electrons. The Morgan fingerprint density at radius 3 is 3.00 bits per heavy atom.